The molecule has 4 aromatic carbocycles. The molecule has 0 unspecified atom stereocenters. The average Bonchev–Trinajstić information content (AvgIpc) is 2.93. The van der Waals surface area contributed by atoms with Crippen molar-refractivity contribution in [1.82, 2.24) is 10.1 Å². The Morgan fingerprint density at radius 1 is 0.854 bits per heavy atom. The minimum absolute atomic E-state index is 0.0360. The van der Waals surface area contributed by atoms with E-state index in [0.717, 1.165) is 16.3 Å². The Labute approximate surface area is 240 Å². The Hall–Kier alpha value is -4.06. The van der Waals surface area contributed by atoms with E-state index in [1.165, 1.54) is 36.5 Å². The fourth-order valence-electron chi connectivity index (χ4n) is 4.01. The standard InChI is InChI=1S/C30H31N3O6S2/c1-21(2)18-29(33-40(35,36)27-15-8-22(3)9-16-27)30(34)32-31-20-23-10-13-26(14-11-23)39-41(37,38)28-17-12-24-6-4-5-7-25(24)19-28/h4-17,19-21,29,33H,18H2,1-3H3,(H,32,34)/b31-20-/t29-/m1/s1. The molecular weight excluding hydrogens is 562 g/mol. The maximum Gasteiger partial charge on any atom is 0.339 e. The van der Waals surface area contributed by atoms with E-state index < -0.39 is 32.1 Å². The van der Waals surface area contributed by atoms with Crippen LogP contribution in [0.15, 0.2) is 106 Å². The minimum atomic E-state index is -4.05. The Morgan fingerprint density at radius 2 is 1.49 bits per heavy atom. The topological polar surface area (TPSA) is 131 Å². The Bertz CT molecular complexity index is 1770. The first-order valence-corrected chi connectivity index (χ1v) is 15.8. The van der Waals surface area contributed by atoms with Gasteiger partial charge in [-0.25, -0.2) is 13.8 Å². The number of nitrogens with zero attached hydrogens (tertiary/aromatic N) is 1. The van der Waals surface area contributed by atoms with Crippen LogP contribution in [0.3, 0.4) is 0 Å². The van der Waals surface area contributed by atoms with Gasteiger partial charge < -0.3 is 4.18 Å². The lowest BCUT2D eigenvalue weighted by Gasteiger charge is -2.19. The van der Waals surface area contributed by atoms with Gasteiger partial charge in [-0.15, -0.1) is 0 Å². The highest BCUT2D eigenvalue weighted by atomic mass is 32.2. The number of nitrogens with one attached hydrogen (secondary N) is 2. The molecule has 0 heterocycles. The number of carbonyl (C=O) groups is 1. The van der Waals surface area contributed by atoms with E-state index in [9.17, 15) is 21.6 Å². The second-order valence-corrected chi connectivity index (χ2v) is 13.2. The summed E-state index contributed by atoms with van der Waals surface area (Å²) in [4.78, 5) is 12.9. The third-order valence-corrected chi connectivity index (χ3v) is 8.87. The van der Waals surface area contributed by atoms with Gasteiger partial charge in [0.1, 0.15) is 16.7 Å². The van der Waals surface area contributed by atoms with Gasteiger partial charge in [-0.1, -0.05) is 61.9 Å². The molecule has 214 valence electrons. The van der Waals surface area contributed by atoms with E-state index in [1.807, 2.05) is 45.0 Å². The molecule has 41 heavy (non-hydrogen) atoms. The van der Waals surface area contributed by atoms with Crippen molar-refractivity contribution in [2.75, 3.05) is 0 Å². The van der Waals surface area contributed by atoms with Gasteiger partial charge >= 0.3 is 10.1 Å². The summed E-state index contributed by atoms with van der Waals surface area (Å²) in [5.74, 6) is -0.456. The van der Waals surface area contributed by atoms with Crippen LogP contribution in [0.25, 0.3) is 10.8 Å². The first-order valence-electron chi connectivity index (χ1n) is 12.9. The Kier molecular flexibility index (Phi) is 9.21. The number of hydrogen-bond acceptors (Lipinski definition) is 7. The Morgan fingerprint density at radius 3 is 2.15 bits per heavy atom. The predicted molar refractivity (Wildman–Crippen MR) is 159 cm³/mol. The molecule has 0 aliphatic rings. The number of sulfonamides is 1. The number of aryl methyl sites for hydroxylation is 1. The Balaban J connectivity index is 1.39. The first kappa shape index (κ1) is 29.9. The zero-order valence-electron chi connectivity index (χ0n) is 22.8. The van der Waals surface area contributed by atoms with Crippen molar-refractivity contribution in [3.8, 4) is 5.75 Å². The molecule has 11 heteroatoms. The van der Waals surface area contributed by atoms with Crippen molar-refractivity contribution in [2.45, 2.75) is 43.0 Å². The molecular formula is C30H31N3O6S2. The highest BCUT2D eigenvalue weighted by molar-refractivity contribution is 7.89. The monoisotopic (exact) mass is 593 g/mol. The number of amides is 1. The summed E-state index contributed by atoms with van der Waals surface area (Å²) >= 11 is 0. The quantitative estimate of drug-likeness (QED) is 0.147. The normalized spacial score (nSPS) is 13.0. The summed E-state index contributed by atoms with van der Waals surface area (Å²) in [7, 11) is -7.97. The number of hydrogen-bond donors (Lipinski definition) is 2. The van der Waals surface area contributed by atoms with Crippen molar-refractivity contribution < 1.29 is 25.8 Å². The third kappa shape index (κ3) is 8.00. The molecule has 0 saturated heterocycles. The molecule has 0 spiro atoms. The predicted octanol–water partition coefficient (Wildman–Crippen LogP) is 4.76. The molecule has 0 aromatic heterocycles. The molecule has 1 amide bonds. The maximum absolute atomic E-state index is 12.8. The molecule has 0 bridgehead atoms. The van der Waals surface area contributed by atoms with Gasteiger partial charge in [0.05, 0.1) is 11.1 Å². The summed E-state index contributed by atoms with van der Waals surface area (Å²) in [5, 5.41) is 5.65. The smallest absolute Gasteiger partial charge is 0.339 e. The van der Waals surface area contributed by atoms with Crippen molar-refractivity contribution >= 4 is 43.0 Å². The van der Waals surface area contributed by atoms with Crippen molar-refractivity contribution in [1.29, 1.82) is 0 Å². The third-order valence-electron chi connectivity index (χ3n) is 6.14. The molecule has 0 fully saturated rings. The molecule has 4 aromatic rings. The average molecular weight is 594 g/mol. The van der Waals surface area contributed by atoms with Gasteiger partial charge in [0.15, 0.2) is 0 Å². The SMILES string of the molecule is Cc1ccc(S(=O)(=O)N[C@H](CC(C)C)C(=O)N/N=C\c2ccc(OS(=O)(=O)c3ccc4ccccc4c3)cc2)cc1. The van der Waals surface area contributed by atoms with Gasteiger partial charge in [-0.3, -0.25) is 4.79 Å². The summed E-state index contributed by atoms with van der Waals surface area (Å²) in [5.41, 5.74) is 3.86. The molecule has 9 nitrogen and oxygen atoms in total. The lowest BCUT2D eigenvalue weighted by Crippen LogP contribution is -2.46. The van der Waals surface area contributed by atoms with Gasteiger partial charge in [-0.2, -0.15) is 18.2 Å². The van der Waals surface area contributed by atoms with Gasteiger partial charge in [0.25, 0.3) is 5.91 Å². The number of fused-ring (bicyclic) bond motifs is 1. The number of benzene rings is 4. The van der Waals surface area contributed by atoms with E-state index in [-0.39, 0.29) is 27.9 Å². The molecule has 2 N–H and O–H groups in total. The highest BCUT2D eigenvalue weighted by Crippen LogP contribution is 2.23. The van der Waals surface area contributed by atoms with Crippen LogP contribution in [0.1, 0.15) is 31.4 Å². The summed E-state index contributed by atoms with van der Waals surface area (Å²) in [6, 6.07) is 23.6. The molecule has 4 rings (SSSR count). The second-order valence-electron chi connectivity index (χ2n) is 9.97. The van der Waals surface area contributed by atoms with Crippen molar-refractivity contribution in [3.05, 3.63) is 102 Å². The highest BCUT2D eigenvalue weighted by Gasteiger charge is 2.26. The van der Waals surface area contributed by atoms with Crippen molar-refractivity contribution in [2.24, 2.45) is 11.0 Å². The van der Waals surface area contributed by atoms with Crippen LogP contribution in [0, 0.1) is 12.8 Å². The van der Waals surface area contributed by atoms with Gasteiger partial charge in [-0.05, 0) is 84.1 Å². The van der Waals surface area contributed by atoms with E-state index >= 15 is 0 Å². The first-order chi connectivity index (χ1) is 19.4. The lowest BCUT2D eigenvalue weighted by atomic mass is 10.0. The minimum Gasteiger partial charge on any atom is -0.379 e. The number of carbonyl (C=O) groups excluding carboxylic acids is 1. The fourth-order valence-corrected chi connectivity index (χ4v) is 6.18. The molecule has 1 atom stereocenters. The number of rotatable bonds is 11. The van der Waals surface area contributed by atoms with Crippen LogP contribution in [-0.2, 0) is 24.9 Å². The summed E-state index contributed by atoms with van der Waals surface area (Å²) < 4.78 is 59.0. The van der Waals surface area contributed by atoms with Crippen LogP contribution in [-0.4, -0.2) is 35.0 Å². The maximum atomic E-state index is 12.8. The largest absolute Gasteiger partial charge is 0.379 e. The zero-order chi connectivity index (χ0) is 29.6. The fraction of sp³-hybridized carbons (Fsp3) is 0.200. The van der Waals surface area contributed by atoms with E-state index in [2.05, 4.69) is 15.2 Å². The van der Waals surface area contributed by atoms with E-state index in [0.29, 0.717) is 5.56 Å². The molecule has 0 aliphatic heterocycles. The van der Waals surface area contributed by atoms with Gasteiger partial charge in [0, 0.05) is 0 Å². The van der Waals surface area contributed by atoms with E-state index in [1.54, 1.807) is 36.4 Å². The van der Waals surface area contributed by atoms with Crippen LogP contribution < -0.4 is 14.3 Å². The molecule has 0 radical (unpaired) electrons. The van der Waals surface area contributed by atoms with Crippen LogP contribution in [0.4, 0.5) is 0 Å². The second kappa shape index (κ2) is 12.6. The van der Waals surface area contributed by atoms with Gasteiger partial charge in [0.2, 0.25) is 10.0 Å². The lowest BCUT2D eigenvalue weighted by molar-refractivity contribution is -0.123. The molecule has 0 aliphatic carbocycles. The zero-order valence-corrected chi connectivity index (χ0v) is 24.4. The van der Waals surface area contributed by atoms with Crippen LogP contribution >= 0.6 is 0 Å². The van der Waals surface area contributed by atoms with Crippen molar-refractivity contribution in [3.63, 3.8) is 0 Å². The van der Waals surface area contributed by atoms with Crippen LogP contribution in [0.2, 0.25) is 0 Å². The van der Waals surface area contributed by atoms with E-state index in [4.69, 9.17) is 4.18 Å². The summed E-state index contributed by atoms with van der Waals surface area (Å²) in [6.07, 6.45) is 1.63. The summed E-state index contributed by atoms with van der Waals surface area (Å²) in [6.45, 7) is 5.62. The van der Waals surface area contributed by atoms with Crippen LogP contribution in [0.5, 0.6) is 5.75 Å². The number of hydrazone groups is 1. The molecule has 0 saturated carbocycles.